The molecule has 2 N–H and O–H groups in total. The van der Waals surface area contributed by atoms with Crippen LogP contribution in [0.5, 0.6) is 0 Å². The first-order chi connectivity index (χ1) is 10.1. The molecule has 0 saturated carbocycles. The Balaban J connectivity index is 2.00. The molecule has 21 heavy (non-hydrogen) atoms. The van der Waals surface area contributed by atoms with E-state index in [0.717, 1.165) is 19.6 Å². The molecule has 1 amide bonds. The number of benzene rings is 1. The third kappa shape index (κ3) is 3.91. The fourth-order valence-corrected chi connectivity index (χ4v) is 2.46. The van der Waals surface area contributed by atoms with Crippen LogP contribution in [0, 0.1) is 10.1 Å². The van der Waals surface area contributed by atoms with Gasteiger partial charge in [0.25, 0.3) is 11.6 Å². The second-order valence-corrected chi connectivity index (χ2v) is 5.04. The van der Waals surface area contributed by atoms with Crippen LogP contribution >= 0.6 is 0 Å². The lowest BCUT2D eigenvalue weighted by Gasteiger charge is -2.14. The van der Waals surface area contributed by atoms with Gasteiger partial charge in [0.2, 0.25) is 0 Å². The lowest BCUT2D eigenvalue weighted by molar-refractivity contribution is -0.385. The minimum atomic E-state index is -0.533. The smallest absolute Gasteiger partial charge is 0.282 e. The summed E-state index contributed by atoms with van der Waals surface area (Å²) in [5, 5.41) is 16.6. The van der Waals surface area contributed by atoms with E-state index in [1.165, 1.54) is 25.0 Å². The monoisotopic (exact) mass is 292 g/mol. The zero-order valence-electron chi connectivity index (χ0n) is 12.1. The lowest BCUT2D eigenvalue weighted by Crippen LogP contribution is -2.33. The Hall–Kier alpha value is -2.15. The molecule has 1 fully saturated rings. The van der Waals surface area contributed by atoms with Crippen LogP contribution in [0.4, 0.5) is 11.4 Å². The normalized spacial score (nSPS) is 14.9. The maximum absolute atomic E-state index is 12.2. The number of hydrogen-bond acceptors (Lipinski definition) is 5. The second-order valence-electron chi connectivity index (χ2n) is 5.04. The number of carbonyl (C=O) groups excluding carboxylic acids is 1. The van der Waals surface area contributed by atoms with Crippen LogP contribution in [0.3, 0.4) is 0 Å². The number of nitrogens with zero attached hydrogens (tertiary/aromatic N) is 2. The summed E-state index contributed by atoms with van der Waals surface area (Å²) in [7, 11) is 1.70. The van der Waals surface area contributed by atoms with Crippen LogP contribution in [-0.2, 0) is 0 Å². The summed E-state index contributed by atoms with van der Waals surface area (Å²) in [5.41, 5.74) is 0.589. The highest BCUT2D eigenvalue weighted by Crippen LogP contribution is 2.22. The van der Waals surface area contributed by atoms with E-state index in [1.807, 2.05) is 0 Å². The van der Waals surface area contributed by atoms with E-state index in [4.69, 9.17) is 0 Å². The fourth-order valence-electron chi connectivity index (χ4n) is 2.46. The van der Waals surface area contributed by atoms with Gasteiger partial charge in [0.15, 0.2) is 0 Å². The van der Waals surface area contributed by atoms with E-state index in [1.54, 1.807) is 13.1 Å². The topological polar surface area (TPSA) is 87.5 Å². The van der Waals surface area contributed by atoms with Gasteiger partial charge >= 0.3 is 0 Å². The number of likely N-dealkylation sites (tertiary alicyclic amines) is 1. The molecule has 0 bridgehead atoms. The molecule has 0 aliphatic carbocycles. The van der Waals surface area contributed by atoms with Crippen molar-refractivity contribution in [2.45, 2.75) is 12.8 Å². The van der Waals surface area contributed by atoms with Crippen molar-refractivity contribution in [3.05, 3.63) is 33.9 Å². The van der Waals surface area contributed by atoms with E-state index in [2.05, 4.69) is 15.5 Å². The third-order valence-electron chi connectivity index (χ3n) is 3.64. The first kappa shape index (κ1) is 15.2. The summed E-state index contributed by atoms with van der Waals surface area (Å²) >= 11 is 0. The Morgan fingerprint density at radius 3 is 2.71 bits per heavy atom. The number of nitro groups is 1. The first-order valence-corrected chi connectivity index (χ1v) is 7.08. The zero-order chi connectivity index (χ0) is 15.2. The average Bonchev–Trinajstić information content (AvgIpc) is 2.99. The van der Waals surface area contributed by atoms with Crippen LogP contribution in [0.15, 0.2) is 18.2 Å². The minimum absolute atomic E-state index is 0.0910. The van der Waals surface area contributed by atoms with Crippen molar-refractivity contribution in [2.24, 2.45) is 0 Å². The Morgan fingerprint density at radius 2 is 2.10 bits per heavy atom. The Bertz CT molecular complexity index is 527. The van der Waals surface area contributed by atoms with Crippen molar-refractivity contribution in [1.82, 2.24) is 10.2 Å². The van der Waals surface area contributed by atoms with Crippen molar-refractivity contribution in [3.63, 3.8) is 0 Å². The summed E-state index contributed by atoms with van der Waals surface area (Å²) in [6.07, 6.45) is 2.40. The summed E-state index contributed by atoms with van der Waals surface area (Å²) in [6, 6.07) is 4.43. The van der Waals surface area contributed by atoms with Crippen molar-refractivity contribution in [3.8, 4) is 0 Å². The molecule has 7 nitrogen and oxygen atoms in total. The summed E-state index contributed by atoms with van der Waals surface area (Å²) in [5.74, 6) is -0.405. The number of hydrogen-bond donors (Lipinski definition) is 2. The molecule has 1 saturated heterocycles. The fraction of sp³-hybridized carbons (Fsp3) is 0.500. The van der Waals surface area contributed by atoms with Gasteiger partial charge < -0.3 is 15.5 Å². The maximum Gasteiger partial charge on any atom is 0.282 e. The summed E-state index contributed by atoms with van der Waals surface area (Å²) < 4.78 is 0. The minimum Gasteiger partial charge on any atom is -0.388 e. The molecule has 0 unspecified atom stereocenters. The van der Waals surface area contributed by atoms with Crippen molar-refractivity contribution in [1.29, 1.82) is 0 Å². The largest absolute Gasteiger partial charge is 0.388 e. The van der Waals surface area contributed by atoms with Crippen LogP contribution in [0.1, 0.15) is 23.2 Å². The molecular formula is C14H20N4O3. The van der Waals surface area contributed by atoms with Gasteiger partial charge in [-0.2, -0.15) is 0 Å². The molecular weight excluding hydrogens is 272 g/mol. The standard InChI is InChI=1S/C14H20N4O3/c1-15-11-4-5-13(18(20)21)12(10-11)14(19)16-6-9-17-7-2-3-8-17/h4-5,10,15H,2-3,6-9H2,1H3,(H,16,19). The van der Waals surface area contributed by atoms with E-state index in [9.17, 15) is 14.9 Å². The number of nitrogens with one attached hydrogen (secondary N) is 2. The zero-order valence-corrected chi connectivity index (χ0v) is 12.1. The molecule has 2 rings (SSSR count). The van der Waals surface area contributed by atoms with Crippen molar-refractivity contribution in [2.75, 3.05) is 38.5 Å². The summed E-state index contributed by atoms with van der Waals surface area (Å²) in [4.78, 5) is 24.9. The van der Waals surface area contributed by atoms with E-state index in [-0.39, 0.29) is 11.3 Å². The van der Waals surface area contributed by atoms with Crippen LogP contribution in [0.2, 0.25) is 0 Å². The predicted octanol–water partition coefficient (Wildman–Crippen LogP) is 1.46. The molecule has 1 aromatic carbocycles. The quantitative estimate of drug-likeness (QED) is 0.612. The highest BCUT2D eigenvalue weighted by Gasteiger charge is 2.20. The molecule has 0 aromatic heterocycles. The molecule has 1 heterocycles. The second kappa shape index (κ2) is 7.03. The molecule has 0 atom stereocenters. The Labute approximate surface area is 123 Å². The van der Waals surface area contributed by atoms with Gasteiger partial charge in [-0.25, -0.2) is 0 Å². The molecule has 0 radical (unpaired) electrons. The molecule has 1 aromatic rings. The molecule has 0 spiro atoms. The highest BCUT2D eigenvalue weighted by atomic mass is 16.6. The lowest BCUT2D eigenvalue weighted by atomic mass is 10.1. The van der Waals surface area contributed by atoms with E-state index < -0.39 is 10.8 Å². The van der Waals surface area contributed by atoms with Crippen molar-refractivity contribution >= 4 is 17.3 Å². The third-order valence-corrected chi connectivity index (χ3v) is 3.64. The van der Waals surface area contributed by atoms with E-state index in [0.29, 0.717) is 12.2 Å². The predicted molar refractivity (Wildman–Crippen MR) is 80.7 cm³/mol. The molecule has 7 heteroatoms. The maximum atomic E-state index is 12.2. The summed E-state index contributed by atoms with van der Waals surface area (Å²) in [6.45, 7) is 3.40. The number of anilines is 1. The molecule has 1 aliphatic heterocycles. The van der Waals surface area contributed by atoms with Crippen molar-refractivity contribution < 1.29 is 9.72 Å². The number of amides is 1. The van der Waals surface area contributed by atoms with Gasteiger partial charge in [0.1, 0.15) is 5.56 Å². The number of rotatable bonds is 6. The van der Waals surface area contributed by atoms with Gasteiger partial charge in [0, 0.05) is 31.9 Å². The molecule has 1 aliphatic rings. The van der Waals surface area contributed by atoms with Gasteiger partial charge in [0.05, 0.1) is 4.92 Å². The average molecular weight is 292 g/mol. The highest BCUT2D eigenvalue weighted by molar-refractivity contribution is 5.99. The van der Waals surface area contributed by atoms with E-state index >= 15 is 0 Å². The van der Waals surface area contributed by atoms with Crippen LogP contribution in [-0.4, -0.2) is 49.0 Å². The van der Waals surface area contributed by atoms with Gasteiger partial charge in [-0.3, -0.25) is 14.9 Å². The van der Waals surface area contributed by atoms with Crippen LogP contribution in [0.25, 0.3) is 0 Å². The van der Waals surface area contributed by atoms with Crippen LogP contribution < -0.4 is 10.6 Å². The van der Waals surface area contributed by atoms with Gasteiger partial charge in [-0.15, -0.1) is 0 Å². The SMILES string of the molecule is CNc1ccc([N+](=O)[O-])c(C(=O)NCCN2CCCC2)c1. The molecule has 114 valence electrons. The Morgan fingerprint density at radius 1 is 1.38 bits per heavy atom. The Kier molecular flexibility index (Phi) is 5.10. The number of carbonyl (C=O) groups is 1. The first-order valence-electron chi connectivity index (χ1n) is 7.08. The number of nitro benzene ring substituents is 1. The van der Waals surface area contributed by atoms with Gasteiger partial charge in [-0.1, -0.05) is 0 Å². The van der Waals surface area contributed by atoms with Gasteiger partial charge in [-0.05, 0) is 38.1 Å².